The van der Waals surface area contributed by atoms with E-state index < -0.39 is 34.4 Å². The fourth-order valence-electron chi connectivity index (χ4n) is 5.28. The summed E-state index contributed by atoms with van der Waals surface area (Å²) in [7, 11) is -0.306. The van der Waals surface area contributed by atoms with E-state index in [2.05, 4.69) is 5.32 Å². The van der Waals surface area contributed by atoms with Crippen molar-refractivity contribution in [3.63, 3.8) is 0 Å². The summed E-state index contributed by atoms with van der Waals surface area (Å²) in [5.41, 5.74) is 1.40. The van der Waals surface area contributed by atoms with E-state index in [1.165, 1.54) is 56.6 Å². The molecule has 0 aromatic heterocycles. The molecular formula is C37H41Cl2N3O7S. The molecule has 1 N–H and O–H groups in total. The Balaban J connectivity index is 1.89. The lowest BCUT2D eigenvalue weighted by atomic mass is 10.0. The van der Waals surface area contributed by atoms with Crippen LogP contribution in [0, 0.1) is 0 Å². The van der Waals surface area contributed by atoms with Crippen molar-refractivity contribution in [1.82, 2.24) is 10.2 Å². The van der Waals surface area contributed by atoms with E-state index in [4.69, 9.17) is 37.4 Å². The first-order valence-electron chi connectivity index (χ1n) is 15.9. The molecule has 266 valence electrons. The van der Waals surface area contributed by atoms with E-state index in [-0.39, 0.29) is 46.1 Å². The van der Waals surface area contributed by atoms with Crippen LogP contribution in [0.2, 0.25) is 10.0 Å². The summed E-state index contributed by atoms with van der Waals surface area (Å²) >= 11 is 13.0. The van der Waals surface area contributed by atoms with E-state index in [0.29, 0.717) is 22.8 Å². The van der Waals surface area contributed by atoms with Gasteiger partial charge in [0.15, 0.2) is 11.5 Å². The van der Waals surface area contributed by atoms with Crippen LogP contribution in [-0.2, 0) is 32.6 Å². The Hall–Kier alpha value is -4.45. The van der Waals surface area contributed by atoms with Crippen LogP contribution in [0.15, 0.2) is 95.9 Å². The van der Waals surface area contributed by atoms with Gasteiger partial charge in [0.25, 0.3) is 10.0 Å². The molecule has 4 aromatic carbocycles. The predicted octanol–water partition coefficient (Wildman–Crippen LogP) is 6.77. The number of carbonyl (C=O) groups is 2. The lowest BCUT2D eigenvalue weighted by molar-refractivity contribution is -0.140. The van der Waals surface area contributed by atoms with Gasteiger partial charge in [-0.15, -0.1) is 0 Å². The zero-order chi connectivity index (χ0) is 36.4. The number of hydrogen-bond acceptors (Lipinski definition) is 7. The highest BCUT2D eigenvalue weighted by atomic mass is 35.5. The number of hydrogen-bond donors (Lipinski definition) is 1. The van der Waals surface area contributed by atoms with Gasteiger partial charge in [0.2, 0.25) is 11.8 Å². The molecule has 50 heavy (non-hydrogen) atoms. The summed E-state index contributed by atoms with van der Waals surface area (Å²) < 4.78 is 46.4. The van der Waals surface area contributed by atoms with E-state index in [0.717, 1.165) is 9.87 Å². The highest BCUT2D eigenvalue weighted by Gasteiger charge is 2.36. The number of anilines is 1. The first-order chi connectivity index (χ1) is 23.9. The topological polar surface area (TPSA) is 114 Å². The van der Waals surface area contributed by atoms with Gasteiger partial charge in [-0.1, -0.05) is 78.7 Å². The van der Waals surface area contributed by atoms with Crippen LogP contribution >= 0.6 is 23.2 Å². The van der Waals surface area contributed by atoms with Gasteiger partial charge < -0.3 is 24.4 Å². The van der Waals surface area contributed by atoms with Crippen LogP contribution in [0.5, 0.6) is 17.2 Å². The second kappa shape index (κ2) is 17.5. The van der Waals surface area contributed by atoms with Crippen LogP contribution in [0.1, 0.15) is 31.4 Å². The summed E-state index contributed by atoms with van der Waals surface area (Å²) in [6.45, 7) is 3.01. The largest absolute Gasteiger partial charge is 0.495 e. The lowest BCUT2D eigenvalue weighted by Gasteiger charge is -2.34. The highest BCUT2D eigenvalue weighted by Crippen LogP contribution is 2.37. The maximum atomic E-state index is 14.8. The Bertz CT molecular complexity index is 1890. The number of rotatable bonds is 16. The van der Waals surface area contributed by atoms with Crippen molar-refractivity contribution in [3.05, 3.63) is 112 Å². The Kier molecular flexibility index (Phi) is 13.4. The minimum absolute atomic E-state index is 0.0181. The van der Waals surface area contributed by atoms with Crippen molar-refractivity contribution in [2.24, 2.45) is 0 Å². The molecule has 0 saturated heterocycles. The van der Waals surface area contributed by atoms with Crippen LogP contribution in [0.3, 0.4) is 0 Å². The van der Waals surface area contributed by atoms with Crippen LogP contribution in [0.25, 0.3) is 0 Å². The summed E-state index contributed by atoms with van der Waals surface area (Å²) in [5, 5.41) is 3.61. The molecule has 0 saturated carbocycles. The van der Waals surface area contributed by atoms with Gasteiger partial charge in [-0.05, 0) is 60.9 Å². The van der Waals surface area contributed by atoms with Gasteiger partial charge >= 0.3 is 0 Å². The van der Waals surface area contributed by atoms with Gasteiger partial charge in [-0.25, -0.2) is 8.42 Å². The summed E-state index contributed by atoms with van der Waals surface area (Å²) in [4.78, 5) is 30.0. The summed E-state index contributed by atoms with van der Waals surface area (Å²) in [6, 6.07) is 23.6. The van der Waals surface area contributed by atoms with Gasteiger partial charge in [-0.2, -0.15) is 0 Å². The number of benzene rings is 4. The first-order valence-corrected chi connectivity index (χ1v) is 18.1. The number of carbonyl (C=O) groups excluding carboxylic acids is 2. The average molecular weight is 743 g/mol. The zero-order valence-electron chi connectivity index (χ0n) is 28.6. The molecule has 0 unspecified atom stereocenters. The van der Waals surface area contributed by atoms with Gasteiger partial charge in [-0.3, -0.25) is 13.9 Å². The molecule has 0 aliphatic carbocycles. The molecule has 0 aliphatic heterocycles. The average Bonchev–Trinajstić information content (AvgIpc) is 3.12. The molecule has 0 radical (unpaired) electrons. The highest BCUT2D eigenvalue weighted by molar-refractivity contribution is 7.92. The van der Waals surface area contributed by atoms with Crippen LogP contribution < -0.4 is 23.8 Å². The monoisotopic (exact) mass is 741 g/mol. The number of nitrogens with zero attached hydrogens (tertiary/aromatic N) is 2. The maximum absolute atomic E-state index is 14.8. The van der Waals surface area contributed by atoms with E-state index >= 15 is 0 Å². The second-order valence-electron chi connectivity index (χ2n) is 11.5. The normalized spacial score (nSPS) is 12.4. The van der Waals surface area contributed by atoms with Crippen molar-refractivity contribution < 1.29 is 32.2 Å². The van der Waals surface area contributed by atoms with Gasteiger partial charge in [0.05, 0.1) is 31.9 Å². The maximum Gasteiger partial charge on any atom is 0.265 e. The fraction of sp³-hybridized carbons (Fsp3) is 0.297. The van der Waals surface area contributed by atoms with Crippen molar-refractivity contribution in [2.75, 3.05) is 32.2 Å². The van der Waals surface area contributed by atoms with Gasteiger partial charge in [0.1, 0.15) is 18.3 Å². The molecule has 4 aromatic rings. The van der Waals surface area contributed by atoms with Crippen LogP contribution in [0.4, 0.5) is 5.69 Å². The standard InChI is InChI=1S/C37H41Cl2N3O7S/c1-6-25(2)40-37(44)32(20-26-12-8-7-9-13-26)41(23-27-14-10-11-15-30(27)39)36(43)24-42(31-21-28(38)16-18-33(31)47-3)50(45,46)29-17-19-34(48-4)35(22-29)49-5/h7-19,21-22,25,32H,6,20,23-24H2,1-5H3,(H,40,44)/t25-,32+/m0/s1. The smallest absolute Gasteiger partial charge is 0.265 e. The minimum Gasteiger partial charge on any atom is -0.495 e. The Morgan fingerprint density at radius 1 is 0.820 bits per heavy atom. The molecule has 0 aliphatic rings. The minimum atomic E-state index is -4.51. The number of amides is 2. The third kappa shape index (κ3) is 9.21. The number of nitrogens with one attached hydrogen (secondary N) is 1. The van der Waals surface area contributed by atoms with E-state index in [9.17, 15) is 18.0 Å². The second-order valence-corrected chi connectivity index (χ2v) is 14.2. The molecular weight excluding hydrogens is 701 g/mol. The van der Waals surface area contributed by atoms with E-state index in [1.807, 2.05) is 44.2 Å². The molecule has 10 nitrogen and oxygen atoms in total. The third-order valence-electron chi connectivity index (χ3n) is 8.20. The lowest BCUT2D eigenvalue weighted by Crippen LogP contribution is -2.54. The number of sulfonamides is 1. The Labute approximate surface area is 303 Å². The Morgan fingerprint density at radius 2 is 1.46 bits per heavy atom. The summed E-state index contributed by atoms with van der Waals surface area (Å²) in [6.07, 6.45) is 0.816. The fourth-order valence-corrected chi connectivity index (χ4v) is 7.08. The van der Waals surface area contributed by atoms with Crippen molar-refractivity contribution >= 4 is 50.7 Å². The number of ether oxygens (including phenoxy) is 3. The van der Waals surface area contributed by atoms with Gasteiger partial charge in [0, 0.05) is 35.1 Å². The molecule has 2 atom stereocenters. The number of halogens is 2. The van der Waals surface area contributed by atoms with Crippen molar-refractivity contribution in [1.29, 1.82) is 0 Å². The molecule has 0 heterocycles. The van der Waals surface area contributed by atoms with E-state index in [1.54, 1.807) is 30.3 Å². The Morgan fingerprint density at radius 3 is 2.10 bits per heavy atom. The molecule has 0 spiro atoms. The molecule has 0 fully saturated rings. The van der Waals surface area contributed by atoms with Crippen molar-refractivity contribution in [2.45, 2.75) is 50.2 Å². The number of methoxy groups -OCH3 is 3. The third-order valence-corrected chi connectivity index (χ3v) is 10.6. The predicted molar refractivity (Wildman–Crippen MR) is 196 cm³/mol. The molecule has 0 bridgehead atoms. The quantitative estimate of drug-likeness (QED) is 0.135. The zero-order valence-corrected chi connectivity index (χ0v) is 30.9. The van der Waals surface area contributed by atoms with Crippen molar-refractivity contribution in [3.8, 4) is 17.2 Å². The first kappa shape index (κ1) is 38.4. The summed E-state index contributed by atoms with van der Waals surface area (Å²) in [5.74, 6) is -0.423. The molecule has 2 amide bonds. The molecule has 13 heteroatoms. The SMILES string of the molecule is CC[C@H](C)NC(=O)[C@@H](Cc1ccccc1)N(Cc1ccccc1Cl)C(=O)CN(c1cc(Cl)ccc1OC)S(=O)(=O)c1ccc(OC)c(OC)c1. The molecule has 4 rings (SSSR count). The van der Waals surface area contributed by atoms with Crippen LogP contribution in [-0.4, -0.2) is 65.1 Å².